The molecule has 4 nitrogen and oxygen atoms in total. The van der Waals surface area contributed by atoms with Crippen LogP contribution in [0.1, 0.15) is 26.1 Å². The van der Waals surface area contributed by atoms with E-state index in [2.05, 4.69) is 34.1 Å². The maximum Gasteiger partial charge on any atom is 0.142 e. The first-order valence-corrected chi connectivity index (χ1v) is 6.07. The van der Waals surface area contributed by atoms with Gasteiger partial charge in [-0.1, -0.05) is 6.92 Å². The highest BCUT2D eigenvalue weighted by atomic mass is 19.1. The summed E-state index contributed by atoms with van der Waals surface area (Å²) in [6.07, 6.45) is 5.57. The summed E-state index contributed by atoms with van der Waals surface area (Å²) in [4.78, 5) is 11.2. The van der Waals surface area contributed by atoms with Crippen LogP contribution in [-0.4, -0.2) is 21.0 Å². The number of imidazole rings is 1. The molecule has 0 spiro atoms. The van der Waals surface area contributed by atoms with Gasteiger partial charge < -0.3 is 10.3 Å². The highest BCUT2D eigenvalue weighted by molar-refractivity contribution is 5.56. The van der Waals surface area contributed by atoms with Crippen LogP contribution in [0.25, 0.3) is 11.3 Å². The van der Waals surface area contributed by atoms with Crippen LogP contribution in [0.2, 0.25) is 0 Å². The van der Waals surface area contributed by atoms with Crippen molar-refractivity contribution in [1.82, 2.24) is 20.3 Å². The third kappa shape index (κ3) is 3.13. The SMILES string of the molecule is CCC(C)NCc1ncc(-c2cncc(F)c2)[nH]1. The molecule has 18 heavy (non-hydrogen) atoms. The molecule has 0 fully saturated rings. The van der Waals surface area contributed by atoms with Gasteiger partial charge in [0.05, 0.1) is 24.6 Å². The van der Waals surface area contributed by atoms with E-state index in [1.54, 1.807) is 12.4 Å². The summed E-state index contributed by atoms with van der Waals surface area (Å²) in [5.41, 5.74) is 1.49. The Labute approximate surface area is 106 Å². The minimum absolute atomic E-state index is 0.346. The van der Waals surface area contributed by atoms with Gasteiger partial charge in [0.25, 0.3) is 0 Å². The molecule has 0 aromatic carbocycles. The van der Waals surface area contributed by atoms with Gasteiger partial charge in [0.15, 0.2) is 0 Å². The van der Waals surface area contributed by atoms with Crippen molar-refractivity contribution in [2.75, 3.05) is 0 Å². The van der Waals surface area contributed by atoms with Crippen molar-refractivity contribution in [2.24, 2.45) is 0 Å². The van der Waals surface area contributed by atoms with Gasteiger partial charge in [0.2, 0.25) is 0 Å². The summed E-state index contributed by atoms with van der Waals surface area (Å²) < 4.78 is 13.1. The van der Waals surface area contributed by atoms with Crippen LogP contribution < -0.4 is 5.32 Å². The third-order valence-electron chi connectivity index (χ3n) is 2.87. The zero-order valence-electron chi connectivity index (χ0n) is 10.6. The van der Waals surface area contributed by atoms with Gasteiger partial charge in [-0.25, -0.2) is 9.37 Å². The summed E-state index contributed by atoms with van der Waals surface area (Å²) >= 11 is 0. The largest absolute Gasteiger partial charge is 0.341 e. The van der Waals surface area contributed by atoms with Gasteiger partial charge in [-0.2, -0.15) is 0 Å². The molecule has 2 N–H and O–H groups in total. The molecule has 0 radical (unpaired) electrons. The lowest BCUT2D eigenvalue weighted by atomic mass is 10.2. The van der Waals surface area contributed by atoms with E-state index in [1.807, 2.05) is 0 Å². The Balaban J connectivity index is 2.06. The molecule has 0 amide bonds. The Morgan fingerprint density at radius 3 is 2.94 bits per heavy atom. The third-order valence-corrected chi connectivity index (χ3v) is 2.87. The van der Waals surface area contributed by atoms with Gasteiger partial charge in [-0.15, -0.1) is 0 Å². The lowest BCUT2D eigenvalue weighted by Gasteiger charge is -2.08. The molecule has 96 valence electrons. The predicted octanol–water partition coefficient (Wildman–Crippen LogP) is 2.50. The van der Waals surface area contributed by atoms with Gasteiger partial charge in [-0.3, -0.25) is 4.98 Å². The monoisotopic (exact) mass is 248 g/mol. The summed E-state index contributed by atoms with van der Waals surface area (Å²) in [5.74, 6) is 0.496. The second-order valence-electron chi connectivity index (χ2n) is 4.33. The number of rotatable bonds is 5. The lowest BCUT2D eigenvalue weighted by Crippen LogP contribution is -2.24. The van der Waals surface area contributed by atoms with Gasteiger partial charge in [0.1, 0.15) is 11.6 Å². The Morgan fingerprint density at radius 1 is 1.39 bits per heavy atom. The molecule has 1 atom stereocenters. The average molecular weight is 248 g/mol. The van der Waals surface area contributed by atoms with Gasteiger partial charge >= 0.3 is 0 Å². The fraction of sp³-hybridized carbons (Fsp3) is 0.385. The number of aromatic nitrogens is 3. The first kappa shape index (κ1) is 12.7. The standard InChI is InChI=1S/C13H17FN4/c1-3-9(2)16-8-13-17-7-12(18-13)10-4-11(14)6-15-5-10/h4-7,9,16H,3,8H2,1-2H3,(H,17,18). The van der Waals surface area contributed by atoms with Gasteiger partial charge in [0, 0.05) is 17.8 Å². The van der Waals surface area contributed by atoms with Crippen molar-refractivity contribution < 1.29 is 4.39 Å². The Hall–Kier alpha value is -1.75. The highest BCUT2D eigenvalue weighted by Crippen LogP contribution is 2.16. The van der Waals surface area contributed by atoms with Crippen LogP contribution in [0, 0.1) is 5.82 Å². The number of nitrogens with one attached hydrogen (secondary N) is 2. The maximum atomic E-state index is 13.1. The number of pyridine rings is 1. The molecule has 0 aliphatic heterocycles. The van der Waals surface area contributed by atoms with Crippen LogP contribution in [0.4, 0.5) is 4.39 Å². The minimum Gasteiger partial charge on any atom is -0.341 e. The molecule has 0 saturated carbocycles. The summed E-state index contributed by atoms with van der Waals surface area (Å²) in [7, 11) is 0. The molecule has 2 aromatic heterocycles. The number of H-pyrrole nitrogens is 1. The average Bonchev–Trinajstić information content (AvgIpc) is 2.84. The second kappa shape index (κ2) is 5.73. The zero-order valence-corrected chi connectivity index (χ0v) is 10.6. The normalized spacial score (nSPS) is 12.6. The quantitative estimate of drug-likeness (QED) is 0.854. The van der Waals surface area contributed by atoms with Crippen LogP contribution in [0.3, 0.4) is 0 Å². The molecule has 0 saturated heterocycles. The van der Waals surface area contributed by atoms with Crippen molar-refractivity contribution in [3.63, 3.8) is 0 Å². The number of hydrogen-bond acceptors (Lipinski definition) is 3. The van der Waals surface area contributed by atoms with Crippen molar-refractivity contribution in [1.29, 1.82) is 0 Å². The lowest BCUT2D eigenvalue weighted by molar-refractivity contribution is 0.525. The molecule has 0 aliphatic rings. The highest BCUT2D eigenvalue weighted by Gasteiger charge is 2.05. The molecule has 0 bridgehead atoms. The van der Waals surface area contributed by atoms with E-state index in [9.17, 15) is 4.39 Å². The Kier molecular flexibility index (Phi) is 4.04. The van der Waals surface area contributed by atoms with E-state index in [-0.39, 0.29) is 5.82 Å². The fourth-order valence-electron chi connectivity index (χ4n) is 1.57. The summed E-state index contributed by atoms with van der Waals surface area (Å²) in [6, 6.07) is 1.89. The minimum atomic E-state index is -0.346. The molecular formula is C13H17FN4. The smallest absolute Gasteiger partial charge is 0.142 e. The van der Waals surface area contributed by atoms with E-state index < -0.39 is 0 Å². The second-order valence-corrected chi connectivity index (χ2v) is 4.33. The van der Waals surface area contributed by atoms with Crippen LogP contribution >= 0.6 is 0 Å². The first-order chi connectivity index (χ1) is 8.69. The summed E-state index contributed by atoms with van der Waals surface area (Å²) in [5, 5.41) is 3.34. The van der Waals surface area contributed by atoms with Crippen LogP contribution in [0.15, 0.2) is 24.7 Å². The fourth-order valence-corrected chi connectivity index (χ4v) is 1.57. The Morgan fingerprint density at radius 2 is 2.22 bits per heavy atom. The number of nitrogens with zero attached hydrogens (tertiary/aromatic N) is 2. The van der Waals surface area contributed by atoms with Crippen molar-refractivity contribution in [3.05, 3.63) is 36.3 Å². The maximum absolute atomic E-state index is 13.1. The summed E-state index contributed by atoms with van der Waals surface area (Å²) in [6.45, 7) is 4.93. The van der Waals surface area contributed by atoms with E-state index in [1.165, 1.54) is 12.3 Å². The van der Waals surface area contributed by atoms with Crippen molar-refractivity contribution in [2.45, 2.75) is 32.9 Å². The molecule has 2 rings (SSSR count). The first-order valence-electron chi connectivity index (χ1n) is 6.07. The molecule has 0 aliphatic carbocycles. The van der Waals surface area contributed by atoms with Crippen LogP contribution in [-0.2, 0) is 6.54 Å². The number of halogens is 1. The van der Waals surface area contributed by atoms with Crippen LogP contribution in [0.5, 0.6) is 0 Å². The van der Waals surface area contributed by atoms with Crippen molar-refractivity contribution >= 4 is 0 Å². The van der Waals surface area contributed by atoms with E-state index in [0.717, 1.165) is 17.9 Å². The number of hydrogen-bond donors (Lipinski definition) is 2. The molecule has 5 heteroatoms. The zero-order chi connectivity index (χ0) is 13.0. The number of aromatic amines is 1. The predicted molar refractivity (Wildman–Crippen MR) is 68.4 cm³/mol. The van der Waals surface area contributed by atoms with E-state index in [4.69, 9.17) is 0 Å². The van der Waals surface area contributed by atoms with E-state index >= 15 is 0 Å². The van der Waals surface area contributed by atoms with Crippen molar-refractivity contribution in [3.8, 4) is 11.3 Å². The molecule has 1 unspecified atom stereocenters. The molecular weight excluding hydrogens is 231 g/mol. The molecule has 2 aromatic rings. The van der Waals surface area contributed by atoms with Gasteiger partial charge in [-0.05, 0) is 19.4 Å². The van der Waals surface area contributed by atoms with E-state index in [0.29, 0.717) is 18.2 Å². The Bertz CT molecular complexity index is 509. The molecule has 2 heterocycles. The topological polar surface area (TPSA) is 53.6 Å².